The third-order valence-corrected chi connectivity index (χ3v) is 12.3. The lowest BCUT2D eigenvalue weighted by Crippen LogP contribution is -2.54. The van der Waals surface area contributed by atoms with Gasteiger partial charge in [0.25, 0.3) is 0 Å². The van der Waals surface area contributed by atoms with E-state index in [0.29, 0.717) is 13.2 Å². The van der Waals surface area contributed by atoms with Crippen molar-refractivity contribution < 1.29 is 18.8 Å². The Bertz CT molecular complexity index is 892. The molecule has 8 heteroatoms. The van der Waals surface area contributed by atoms with Crippen molar-refractivity contribution in [3.05, 3.63) is 29.3 Å². The predicted octanol–water partition coefficient (Wildman–Crippen LogP) is 4.01. The van der Waals surface area contributed by atoms with Crippen LogP contribution in [0, 0.1) is 0 Å². The number of benzene rings is 1. The Balaban J connectivity index is 1.35. The molecular formula is C25H39N3O4Si. The molecule has 0 spiro atoms. The summed E-state index contributed by atoms with van der Waals surface area (Å²) in [5.74, 6) is -1.11. The molecule has 1 saturated carbocycles. The topological polar surface area (TPSA) is 88.7 Å². The molecule has 4 rings (SSSR count). The molecule has 2 aliphatic heterocycles. The van der Waals surface area contributed by atoms with Crippen molar-refractivity contribution in [1.29, 1.82) is 0 Å². The van der Waals surface area contributed by atoms with Gasteiger partial charge in [-0.3, -0.25) is 9.59 Å². The van der Waals surface area contributed by atoms with Gasteiger partial charge in [-0.2, -0.15) is 0 Å². The number of anilines is 1. The average molecular weight is 474 g/mol. The van der Waals surface area contributed by atoms with Gasteiger partial charge in [0.1, 0.15) is 0 Å². The van der Waals surface area contributed by atoms with Crippen LogP contribution in [0.25, 0.3) is 0 Å². The van der Waals surface area contributed by atoms with Gasteiger partial charge in [0.05, 0.1) is 24.9 Å². The van der Waals surface area contributed by atoms with E-state index >= 15 is 0 Å². The Labute approximate surface area is 198 Å². The molecule has 2 heterocycles. The van der Waals surface area contributed by atoms with Crippen LogP contribution in [0.15, 0.2) is 18.2 Å². The number of rotatable bonds is 5. The quantitative estimate of drug-likeness (QED) is 0.444. The number of amides is 2. The van der Waals surface area contributed by atoms with Crippen LogP contribution < -0.4 is 16.0 Å². The van der Waals surface area contributed by atoms with E-state index < -0.39 is 20.1 Å². The minimum absolute atomic E-state index is 0.0202. The lowest BCUT2D eigenvalue weighted by atomic mass is 9.89. The second kappa shape index (κ2) is 9.39. The molecule has 3 atom stereocenters. The van der Waals surface area contributed by atoms with Crippen LogP contribution in [0.4, 0.5) is 5.69 Å². The molecule has 0 aromatic heterocycles. The van der Waals surface area contributed by atoms with Crippen molar-refractivity contribution in [2.75, 3.05) is 11.9 Å². The van der Waals surface area contributed by atoms with Crippen molar-refractivity contribution in [3.63, 3.8) is 0 Å². The van der Waals surface area contributed by atoms with Gasteiger partial charge in [0.15, 0.2) is 8.32 Å². The van der Waals surface area contributed by atoms with Gasteiger partial charge in [0.2, 0.25) is 0 Å². The van der Waals surface area contributed by atoms with E-state index in [1.54, 1.807) is 0 Å². The molecule has 1 aliphatic carbocycles. The lowest BCUT2D eigenvalue weighted by molar-refractivity contribution is -0.139. The van der Waals surface area contributed by atoms with Crippen LogP contribution in [-0.2, 0) is 25.3 Å². The number of nitrogens with one attached hydrogen (secondary N) is 3. The minimum atomic E-state index is -1.88. The van der Waals surface area contributed by atoms with E-state index in [1.165, 1.54) is 0 Å². The summed E-state index contributed by atoms with van der Waals surface area (Å²) in [6.45, 7) is 12.2. The van der Waals surface area contributed by atoms with E-state index in [-0.39, 0.29) is 29.3 Å². The highest BCUT2D eigenvalue weighted by atomic mass is 28.4. The molecule has 3 aliphatic rings. The molecule has 2 fully saturated rings. The maximum atomic E-state index is 12.2. The van der Waals surface area contributed by atoms with Crippen LogP contribution in [0.1, 0.15) is 70.1 Å². The SMILES string of the molecule is CC(C)(C)[Si](C)(C)O[C@@H]1CO[C@H]2C[C@@H]1Nc1ccc(CNC(=O)C(=O)NC3CCCC3)cc12. The standard InChI is InChI=1S/C25H39N3O4Si/c1-25(2,3)33(4,5)32-22-15-31-21-13-20(22)28-19-11-10-16(12-18(19)21)14-26-23(29)24(30)27-17-8-6-7-9-17/h10-12,17,20-22,28H,6-9,13-15H2,1-5H3,(H,26,29)(H,27,30)/t20-,21-,22+/m0/s1. The van der Waals surface area contributed by atoms with Gasteiger partial charge in [-0.25, -0.2) is 0 Å². The predicted molar refractivity (Wildman–Crippen MR) is 131 cm³/mol. The van der Waals surface area contributed by atoms with Crippen LogP contribution in [-0.4, -0.2) is 44.9 Å². The van der Waals surface area contributed by atoms with Crippen LogP contribution in [0.5, 0.6) is 0 Å². The lowest BCUT2D eigenvalue weighted by Gasteiger charge is -2.47. The zero-order chi connectivity index (χ0) is 23.8. The zero-order valence-electron chi connectivity index (χ0n) is 20.6. The summed E-state index contributed by atoms with van der Waals surface area (Å²) in [7, 11) is -1.88. The normalized spacial score (nSPS) is 25.2. The Morgan fingerprint density at radius 2 is 1.91 bits per heavy atom. The second-order valence-corrected chi connectivity index (χ2v) is 16.0. The molecule has 0 radical (unpaired) electrons. The van der Waals surface area contributed by atoms with Gasteiger partial charge in [-0.05, 0) is 48.7 Å². The molecule has 3 N–H and O–H groups in total. The summed E-state index contributed by atoms with van der Waals surface area (Å²) in [5, 5.41) is 9.41. The molecule has 1 saturated heterocycles. The Morgan fingerprint density at radius 1 is 1.18 bits per heavy atom. The van der Waals surface area contributed by atoms with E-state index in [1.807, 2.05) is 12.1 Å². The highest BCUT2D eigenvalue weighted by Crippen LogP contribution is 2.43. The Kier molecular flexibility index (Phi) is 6.89. The van der Waals surface area contributed by atoms with Crippen molar-refractivity contribution in [2.24, 2.45) is 0 Å². The van der Waals surface area contributed by atoms with Gasteiger partial charge in [-0.15, -0.1) is 0 Å². The highest BCUT2D eigenvalue weighted by Gasteiger charge is 2.44. The van der Waals surface area contributed by atoms with Gasteiger partial charge < -0.3 is 25.1 Å². The Hall–Kier alpha value is -1.90. The van der Waals surface area contributed by atoms with Gasteiger partial charge >= 0.3 is 11.8 Å². The van der Waals surface area contributed by atoms with Crippen molar-refractivity contribution in [3.8, 4) is 0 Å². The van der Waals surface area contributed by atoms with Gasteiger partial charge in [0, 0.05) is 30.3 Å². The third kappa shape index (κ3) is 5.44. The number of carbonyl (C=O) groups excluding carboxylic acids is 2. The molecular weight excluding hydrogens is 434 g/mol. The van der Waals surface area contributed by atoms with E-state index in [0.717, 1.165) is 48.9 Å². The van der Waals surface area contributed by atoms with Crippen molar-refractivity contribution >= 4 is 25.8 Å². The summed E-state index contributed by atoms with van der Waals surface area (Å²) < 4.78 is 12.9. The number of hydrogen-bond donors (Lipinski definition) is 3. The molecule has 33 heavy (non-hydrogen) atoms. The first-order chi connectivity index (χ1) is 15.5. The first-order valence-electron chi connectivity index (χ1n) is 12.3. The third-order valence-electron chi connectivity index (χ3n) is 7.78. The number of ether oxygens (including phenoxy) is 1. The van der Waals surface area contributed by atoms with Crippen LogP contribution in [0.3, 0.4) is 0 Å². The molecule has 2 bridgehead atoms. The number of hydrogen-bond acceptors (Lipinski definition) is 5. The Morgan fingerprint density at radius 3 is 2.61 bits per heavy atom. The second-order valence-electron chi connectivity index (χ2n) is 11.3. The number of fused-ring (bicyclic) bond motifs is 4. The molecule has 2 amide bonds. The van der Waals surface area contributed by atoms with E-state index in [4.69, 9.17) is 9.16 Å². The maximum absolute atomic E-state index is 12.2. The largest absolute Gasteiger partial charge is 0.409 e. The number of carbonyl (C=O) groups is 2. The summed E-state index contributed by atoms with van der Waals surface area (Å²) in [6, 6.07) is 6.49. The van der Waals surface area contributed by atoms with Crippen molar-refractivity contribution in [1.82, 2.24) is 10.6 Å². The van der Waals surface area contributed by atoms with Crippen LogP contribution >= 0.6 is 0 Å². The van der Waals surface area contributed by atoms with Crippen molar-refractivity contribution in [2.45, 2.75) is 102 Å². The van der Waals surface area contributed by atoms with E-state index in [9.17, 15) is 9.59 Å². The molecule has 182 valence electrons. The molecule has 0 unspecified atom stereocenters. The zero-order valence-corrected chi connectivity index (χ0v) is 21.6. The van der Waals surface area contributed by atoms with Crippen LogP contribution in [0.2, 0.25) is 18.1 Å². The van der Waals surface area contributed by atoms with Gasteiger partial charge in [-0.1, -0.05) is 39.7 Å². The summed E-state index contributed by atoms with van der Waals surface area (Å²) in [4.78, 5) is 24.3. The molecule has 1 aromatic carbocycles. The monoisotopic (exact) mass is 473 g/mol. The fraction of sp³-hybridized carbons (Fsp3) is 0.680. The minimum Gasteiger partial charge on any atom is -0.409 e. The van der Waals surface area contributed by atoms with E-state index in [2.05, 4.69) is 55.9 Å². The fourth-order valence-electron chi connectivity index (χ4n) is 4.72. The smallest absolute Gasteiger partial charge is 0.309 e. The average Bonchev–Trinajstić information content (AvgIpc) is 3.26. The fourth-order valence-corrected chi connectivity index (χ4v) is 6.06. The molecule has 1 aromatic rings. The summed E-state index contributed by atoms with van der Waals surface area (Å²) >= 11 is 0. The first kappa shape index (κ1) is 24.2. The first-order valence-corrected chi connectivity index (χ1v) is 15.2. The summed E-state index contributed by atoms with van der Waals surface area (Å²) in [6.07, 6.45) is 5.08. The summed E-state index contributed by atoms with van der Waals surface area (Å²) in [5.41, 5.74) is 3.13. The molecule has 7 nitrogen and oxygen atoms in total. The highest BCUT2D eigenvalue weighted by molar-refractivity contribution is 6.74. The maximum Gasteiger partial charge on any atom is 0.309 e.